The molecule has 3 amide bonds. The van der Waals surface area contributed by atoms with Crippen molar-refractivity contribution >= 4 is 46.9 Å². The highest BCUT2D eigenvalue weighted by Gasteiger charge is 2.27. The van der Waals surface area contributed by atoms with Crippen LogP contribution in [0.1, 0.15) is 26.7 Å². The fourth-order valence-corrected chi connectivity index (χ4v) is 5.42. The number of hydrogen-bond donors (Lipinski definition) is 3. The number of nitrogens with one attached hydrogen (secondary N) is 3. The zero-order valence-corrected chi connectivity index (χ0v) is 25.5. The highest BCUT2D eigenvalue weighted by Crippen LogP contribution is 2.37. The van der Waals surface area contributed by atoms with E-state index in [1.807, 2.05) is 5.32 Å². The van der Waals surface area contributed by atoms with E-state index in [0.29, 0.717) is 27.3 Å². The Morgan fingerprint density at radius 2 is 1.25 bits per heavy atom. The van der Waals surface area contributed by atoms with Crippen LogP contribution in [-0.4, -0.2) is 17.7 Å². The third-order valence-corrected chi connectivity index (χ3v) is 8.04. The first-order chi connectivity index (χ1) is 23.1. The molecule has 0 saturated carbocycles. The maximum Gasteiger partial charge on any atom is 0.272 e. The summed E-state index contributed by atoms with van der Waals surface area (Å²) in [6, 6.07) is 27.9. The van der Waals surface area contributed by atoms with E-state index in [-0.39, 0.29) is 11.8 Å². The molecule has 0 aromatic heterocycles. The van der Waals surface area contributed by atoms with Crippen LogP contribution in [0, 0.1) is 29.1 Å². The van der Waals surface area contributed by atoms with Crippen molar-refractivity contribution in [3.05, 3.63) is 167 Å². The van der Waals surface area contributed by atoms with Crippen molar-refractivity contribution in [1.82, 2.24) is 5.32 Å². The monoisotopic (exact) mass is 673 g/mol. The molecule has 242 valence electrons. The third kappa shape index (κ3) is 8.34. The van der Waals surface area contributed by atoms with Gasteiger partial charge in [-0.25, -0.2) is 22.0 Å². The second-order valence-corrected chi connectivity index (χ2v) is 11.3. The van der Waals surface area contributed by atoms with E-state index in [4.69, 9.17) is 0 Å². The largest absolute Gasteiger partial charge is 0.321 e. The van der Waals surface area contributed by atoms with Gasteiger partial charge in [0.1, 0.15) is 22.5 Å². The van der Waals surface area contributed by atoms with E-state index in [0.717, 1.165) is 11.8 Å². The molecule has 6 nitrogen and oxygen atoms in total. The van der Waals surface area contributed by atoms with Gasteiger partial charge in [-0.3, -0.25) is 14.4 Å². The lowest BCUT2D eigenvalue weighted by atomic mass is 10.1. The molecule has 0 aliphatic heterocycles. The van der Waals surface area contributed by atoms with Crippen LogP contribution in [0.15, 0.2) is 126 Å². The van der Waals surface area contributed by atoms with Gasteiger partial charge in [0.2, 0.25) is 5.91 Å². The van der Waals surface area contributed by atoms with Crippen molar-refractivity contribution in [2.45, 2.75) is 10.1 Å². The van der Waals surface area contributed by atoms with Gasteiger partial charge < -0.3 is 16.0 Å². The van der Waals surface area contributed by atoms with Crippen LogP contribution in [0.4, 0.5) is 33.3 Å². The Bertz CT molecular complexity index is 1950. The number of halogens is 5. The summed E-state index contributed by atoms with van der Waals surface area (Å²) in [6.45, 7) is 0. The minimum Gasteiger partial charge on any atom is -0.321 e. The van der Waals surface area contributed by atoms with Crippen molar-refractivity contribution in [2.75, 3.05) is 10.6 Å². The van der Waals surface area contributed by atoms with Gasteiger partial charge in [0.05, 0.1) is 0 Å². The molecule has 3 N–H and O–H groups in total. The first-order valence-corrected chi connectivity index (χ1v) is 15.1. The number of anilines is 2. The number of carbonyl (C=O) groups excluding carboxylic acids is 3. The Morgan fingerprint density at radius 3 is 1.85 bits per heavy atom. The summed E-state index contributed by atoms with van der Waals surface area (Å²) in [5.74, 6) is -9.47. The first kappa shape index (κ1) is 33.6. The standard InChI is InChI=1S/C36H24F5N3O3S/c37-24-13-11-21(12-14-24)19-29(43-34(45)23-9-5-2-6-10-23)35(46)42-25-15-17-26(18-16-25)48-33(22-7-3-1-4-8-22)36(47)44-32-30(40)27(38)20-28(39)31(32)41/h1-20,33H,(H,42,46)(H,43,45)(H,44,47)/b29-19-. The maximum absolute atomic E-state index is 14.3. The SMILES string of the molecule is O=C(Nc1ccc(SC(C(=O)Nc2c(F)c(F)cc(F)c2F)c2ccccc2)cc1)/C(=C/c1ccc(F)cc1)NC(=O)c1ccccc1. The molecule has 0 aliphatic carbocycles. The van der Waals surface area contributed by atoms with Crippen LogP contribution in [-0.2, 0) is 9.59 Å². The Kier molecular flexibility index (Phi) is 10.7. The van der Waals surface area contributed by atoms with Crippen LogP contribution in [0.25, 0.3) is 6.08 Å². The molecular formula is C36H24F5N3O3S. The molecule has 1 unspecified atom stereocenters. The predicted molar refractivity (Wildman–Crippen MR) is 173 cm³/mol. The molecule has 0 fully saturated rings. The minimum atomic E-state index is -1.74. The molecule has 0 radical (unpaired) electrons. The quantitative estimate of drug-likeness (QED) is 0.0603. The highest BCUT2D eigenvalue weighted by atomic mass is 32.2. The van der Waals surface area contributed by atoms with Crippen molar-refractivity contribution in [3.63, 3.8) is 0 Å². The van der Waals surface area contributed by atoms with Gasteiger partial charge >= 0.3 is 0 Å². The molecule has 0 spiro atoms. The molecule has 12 heteroatoms. The summed E-state index contributed by atoms with van der Waals surface area (Å²) in [7, 11) is 0. The molecule has 5 aromatic rings. The summed E-state index contributed by atoms with van der Waals surface area (Å²) in [6.07, 6.45) is 1.39. The maximum atomic E-state index is 14.3. The lowest BCUT2D eigenvalue weighted by Gasteiger charge is -2.18. The van der Waals surface area contributed by atoms with Gasteiger partial charge in [-0.1, -0.05) is 60.7 Å². The van der Waals surface area contributed by atoms with Gasteiger partial charge in [-0.05, 0) is 65.7 Å². The second kappa shape index (κ2) is 15.2. The number of benzene rings is 5. The lowest BCUT2D eigenvalue weighted by molar-refractivity contribution is -0.116. The molecule has 0 bridgehead atoms. The van der Waals surface area contributed by atoms with E-state index in [1.165, 1.54) is 42.5 Å². The number of rotatable bonds is 10. The van der Waals surface area contributed by atoms with E-state index >= 15 is 0 Å². The molecule has 5 aromatic carbocycles. The fourth-order valence-electron chi connectivity index (χ4n) is 4.39. The van der Waals surface area contributed by atoms with Crippen LogP contribution < -0.4 is 16.0 Å². The molecule has 1 atom stereocenters. The normalized spacial score (nSPS) is 11.8. The average Bonchev–Trinajstić information content (AvgIpc) is 3.10. The number of hydrogen-bond acceptors (Lipinski definition) is 4. The number of thioether (sulfide) groups is 1. The molecule has 0 aliphatic rings. The minimum absolute atomic E-state index is 0.0445. The Labute approximate surface area is 275 Å². The van der Waals surface area contributed by atoms with E-state index in [9.17, 15) is 36.3 Å². The van der Waals surface area contributed by atoms with Gasteiger partial charge in [-0.2, -0.15) is 0 Å². The van der Waals surface area contributed by atoms with Crippen LogP contribution in [0.5, 0.6) is 0 Å². The zero-order chi connectivity index (χ0) is 34.2. The first-order valence-electron chi connectivity index (χ1n) is 14.2. The van der Waals surface area contributed by atoms with Crippen molar-refractivity contribution in [2.24, 2.45) is 0 Å². The van der Waals surface area contributed by atoms with E-state index in [1.54, 1.807) is 72.8 Å². The number of amides is 3. The van der Waals surface area contributed by atoms with Crippen LogP contribution in [0.3, 0.4) is 0 Å². The topological polar surface area (TPSA) is 87.3 Å². The van der Waals surface area contributed by atoms with Crippen molar-refractivity contribution < 1.29 is 36.3 Å². The summed E-state index contributed by atoms with van der Waals surface area (Å²) >= 11 is 0.976. The highest BCUT2D eigenvalue weighted by molar-refractivity contribution is 8.00. The molecular weight excluding hydrogens is 649 g/mol. The smallest absolute Gasteiger partial charge is 0.272 e. The summed E-state index contributed by atoms with van der Waals surface area (Å²) in [4.78, 5) is 39.9. The van der Waals surface area contributed by atoms with E-state index in [2.05, 4.69) is 10.6 Å². The van der Waals surface area contributed by atoms with Crippen molar-refractivity contribution in [3.8, 4) is 0 Å². The Hall–Kier alpha value is -5.75. The van der Waals surface area contributed by atoms with E-state index < -0.39 is 57.7 Å². The lowest BCUT2D eigenvalue weighted by Crippen LogP contribution is -2.30. The predicted octanol–water partition coefficient (Wildman–Crippen LogP) is 8.26. The third-order valence-electron chi connectivity index (χ3n) is 6.78. The van der Waals surface area contributed by atoms with Crippen LogP contribution >= 0.6 is 11.8 Å². The summed E-state index contributed by atoms with van der Waals surface area (Å²) in [5, 5.41) is 6.12. The Balaban J connectivity index is 1.35. The van der Waals surface area contributed by atoms with Crippen LogP contribution in [0.2, 0.25) is 0 Å². The van der Waals surface area contributed by atoms with Gasteiger partial charge in [0.15, 0.2) is 23.3 Å². The zero-order valence-electron chi connectivity index (χ0n) is 24.6. The molecule has 48 heavy (non-hydrogen) atoms. The van der Waals surface area contributed by atoms with Crippen molar-refractivity contribution in [1.29, 1.82) is 0 Å². The molecule has 0 heterocycles. The average molecular weight is 674 g/mol. The van der Waals surface area contributed by atoms with Gasteiger partial charge in [-0.15, -0.1) is 11.8 Å². The molecule has 0 saturated heterocycles. The molecule has 5 rings (SSSR count). The van der Waals surface area contributed by atoms with Gasteiger partial charge in [0, 0.05) is 22.2 Å². The number of carbonyl (C=O) groups is 3. The second-order valence-electron chi connectivity index (χ2n) is 10.1. The van der Waals surface area contributed by atoms with Gasteiger partial charge in [0.25, 0.3) is 11.8 Å². The Morgan fingerprint density at radius 1 is 0.667 bits per heavy atom. The fraction of sp³-hybridized carbons (Fsp3) is 0.0278. The summed E-state index contributed by atoms with van der Waals surface area (Å²) < 4.78 is 69.6. The summed E-state index contributed by atoms with van der Waals surface area (Å²) in [5.41, 5.74) is 0.126.